The molecule has 1 aromatic rings. The van der Waals surface area contributed by atoms with E-state index in [1.807, 2.05) is 25.1 Å². The van der Waals surface area contributed by atoms with Gasteiger partial charge in [-0.3, -0.25) is 4.79 Å². The Bertz CT molecular complexity index is 433. The molecule has 1 rings (SSSR count). The van der Waals surface area contributed by atoms with Crippen molar-refractivity contribution in [3.8, 4) is 5.75 Å². The number of ketones is 1. The molecule has 0 aliphatic carbocycles. The van der Waals surface area contributed by atoms with E-state index in [0.29, 0.717) is 0 Å². The lowest BCUT2D eigenvalue weighted by atomic mass is 9.84. The van der Waals surface area contributed by atoms with Crippen LogP contribution in [0.15, 0.2) is 18.2 Å². The lowest BCUT2D eigenvalue weighted by Crippen LogP contribution is -2.31. The minimum absolute atomic E-state index is 0.0511. The Kier molecular flexibility index (Phi) is 4.52. The fraction of sp³-hybridized carbons (Fsp3) is 0.533. The predicted molar refractivity (Wildman–Crippen MR) is 74.5 cm³/mol. The zero-order valence-electron chi connectivity index (χ0n) is 12.1. The average Bonchev–Trinajstić information content (AvgIpc) is 2.35. The molecule has 0 aromatic heterocycles. The second-order valence-corrected chi connectivity index (χ2v) is 5.54. The van der Waals surface area contributed by atoms with Gasteiger partial charge in [0.15, 0.2) is 5.78 Å². The van der Waals surface area contributed by atoms with E-state index in [-0.39, 0.29) is 17.2 Å². The standard InChI is InChI=1S/C15H23NO2/c1-10(16-5)14(17)11-7-8-13(18-6)12(9-11)15(2,3)4/h7-10,16H,1-6H3. The highest BCUT2D eigenvalue weighted by Gasteiger charge is 2.22. The number of nitrogens with one attached hydrogen (secondary N) is 1. The highest BCUT2D eigenvalue weighted by Crippen LogP contribution is 2.32. The van der Waals surface area contributed by atoms with Crippen LogP contribution in [0.5, 0.6) is 5.75 Å². The van der Waals surface area contributed by atoms with Gasteiger partial charge in [0.1, 0.15) is 5.75 Å². The number of hydrogen-bond donors (Lipinski definition) is 1. The third kappa shape index (κ3) is 3.10. The lowest BCUT2D eigenvalue weighted by Gasteiger charge is -2.23. The van der Waals surface area contributed by atoms with Crippen LogP contribution in [0.2, 0.25) is 0 Å². The summed E-state index contributed by atoms with van der Waals surface area (Å²) < 4.78 is 5.37. The number of benzene rings is 1. The van der Waals surface area contributed by atoms with E-state index in [1.54, 1.807) is 14.2 Å². The minimum atomic E-state index is -0.175. The van der Waals surface area contributed by atoms with E-state index in [0.717, 1.165) is 16.9 Å². The third-order valence-electron chi connectivity index (χ3n) is 3.12. The number of ether oxygens (including phenoxy) is 1. The summed E-state index contributed by atoms with van der Waals surface area (Å²) in [4.78, 5) is 12.2. The van der Waals surface area contributed by atoms with Crippen LogP contribution < -0.4 is 10.1 Å². The molecule has 1 N–H and O–H groups in total. The Labute approximate surface area is 110 Å². The van der Waals surface area contributed by atoms with Crippen LogP contribution in [-0.4, -0.2) is 26.0 Å². The molecule has 100 valence electrons. The van der Waals surface area contributed by atoms with Gasteiger partial charge in [0.2, 0.25) is 0 Å². The number of carbonyl (C=O) groups excluding carboxylic acids is 1. The Balaban J connectivity index is 3.23. The number of carbonyl (C=O) groups is 1. The normalized spacial score (nSPS) is 13.2. The van der Waals surface area contributed by atoms with Gasteiger partial charge >= 0.3 is 0 Å². The van der Waals surface area contributed by atoms with Gasteiger partial charge in [0, 0.05) is 11.1 Å². The summed E-state index contributed by atoms with van der Waals surface area (Å²) in [5, 5.41) is 2.97. The zero-order chi connectivity index (χ0) is 13.9. The van der Waals surface area contributed by atoms with Gasteiger partial charge in [-0.1, -0.05) is 20.8 Å². The Hall–Kier alpha value is -1.35. The molecule has 1 atom stereocenters. The number of rotatable bonds is 4. The maximum Gasteiger partial charge on any atom is 0.179 e. The molecule has 3 nitrogen and oxygen atoms in total. The Morgan fingerprint density at radius 2 is 1.94 bits per heavy atom. The number of methoxy groups -OCH3 is 1. The molecule has 1 unspecified atom stereocenters. The summed E-state index contributed by atoms with van der Waals surface area (Å²) in [6.07, 6.45) is 0. The van der Waals surface area contributed by atoms with Crippen molar-refractivity contribution in [3.63, 3.8) is 0 Å². The van der Waals surface area contributed by atoms with Crippen molar-refractivity contribution in [1.82, 2.24) is 5.32 Å². The molecule has 0 saturated heterocycles. The van der Waals surface area contributed by atoms with E-state index in [1.165, 1.54) is 0 Å². The summed E-state index contributed by atoms with van der Waals surface area (Å²) in [5.74, 6) is 0.932. The highest BCUT2D eigenvalue weighted by molar-refractivity contribution is 6.00. The van der Waals surface area contributed by atoms with Crippen molar-refractivity contribution in [1.29, 1.82) is 0 Å². The molecule has 0 spiro atoms. The molecule has 0 aliphatic heterocycles. The third-order valence-corrected chi connectivity index (χ3v) is 3.12. The van der Waals surface area contributed by atoms with E-state index in [2.05, 4.69) is 26.1 Å². The van der Waals surface area contributed by atoms with Gasteiger partial charge in [-0.2, -0.15) is 0 Å². The maximum absolute atomic E-state index is 12.2. The molecule has 18 heavy (non-hydrogen) atoms. The van der Waals surface area contributed by atoms with Gasteiger partial charge in [0.05, 0.1) is 13.2 Å². The molecule has 0 fully saturated rings. The van der Waals surface area contributed by atoms with Gasteiger partial charge < -0.3 is 10.1 Å². The zero-order valence-corrected chi connectivity index (χ0v) is 12.1. The quantitative estimate of drug-likeness (QED) is 0.834. The van der Waals surface area contributed by atoms with E-state index >= 15 is 0 Å². The SMILES string of the molecule is CNC(C)C(=O)c1ccc(OC)c(C(C)(C)C)c1. The molecule has 3 heteroatoms. The topological polar surface area (TPSA) is 38.3 Å². The first kappa shape index (κ1) is 14.7. The van der Waals surface area contributed by atoms with Crippen LogP contribution in [0.1, 0.15) is 43.6 Å². The smallest absolute Gasteiger partial charge is 0.179 e. The first-order valence-corrected chi connectivity index (χ1v) is 6.21. The van der Waals surface area contributed by atoms with Crippen LogP contribution in [0, 0.1) is 0 Å². The first-order chi connectivity index (χ1) is 8.31. The second-order valence-electron chi connectivity index (χ2n) is 5.54. The average molecular weight is 249 g/mol. The van der Waals surface area contributed by atoms with Crippen molar-refractivity contribution in [3.05, 3.63) is 29.3 Å². The summed E-state index contributed by atoms with van der Waals surface area (Å²) >= 11 is 0. The molecule has 0 saturated carbocycles. The van der Waals surface area contributed by atoms with E-state index < -0.39 is 0 Å². The van der Waals surface area contributed by atoms with E-state index in [9.17, 15) is 4.79 Å². The summed E-state index contributed by atoms with van der Waals surface area (Å²) in [6, 6.07) is 5.46. The second kappa shape index (κ2) is 5.53. The van der Waals surface area contributed by atoms with Gasteiger partial charge in [-0.15, -0.1) is 0 Å². The summed E-state index contributed by atoms with van der Waals surface area (Å²) in [6.45, 7) is 8.20. The fourth-order valence-electron chi connectivity index (χ4n) is 1.83. The minimum Gasteiger partial charge on any atom is -0.496 e. The Morgan fingerprint density at radius 3 is 2.39 bits per heavy atom. The van der Waals surface area contributed by atoms with Crippen LogP contribution in [0.4, 0.5) is 0 Å². The molecule has 0 heterocycles. The van der Waals surface area contributed by atoms with Crippen LogP contribution in [-0.2, 0) is 5.41 Å². The highest BCUT2D eigenvalue weighted by atomic mass is 16.5. The molecular formula is C15H23NO2. The summed E-state index contributed by atoms with van der Waals surface area (Å²) in [7, 11) is 3.44. The van der Waals surface area contributed by atoms with Gasteiger partial charge in [-0.25, -0.2) is 0 Å². The predicted octanol–water partition coefficient (Wildman–Crippen LogP) is 2.78. The van der Waals surface area contributed by atoms with E-state index in [4.69, 9.17) is 4.74 Å². The van der Waals surface area contributed by atoms with Crippen molar-refractivity contribution in [2.75, 3.05) is 14.2 Å². The lowest BCUT2D eigenvalue weighted by molar-refractivity contribution is 0.0955. The van der Waals surface area contributed by atoms with Crippen LogP contribution in [0.3, 0.4) is 0 Å². The Morgan fingerprint density at radius 1 is 1.33 bits per heavy atom. The van der Waals surface area contributed by atoms with Crippen molar-refractivity contribution >= 4 is 5.78 Å². The van der Waals surface area contributed by atoms with Gasteiger partial charge in [-0.05, 0) is 37.6 Å². The molecule has 0 amide bonds. The molecule has 0 radical (unpaired) electrons. The monoisotopic (exact) mass is 249 g/mol. The molecule has 1 aromatic carbocycles. The molecule has 0 bridgehead atoms. The fourth-order valence-corrected chi connectivity index (χ4v) is 1.83. The number of hydrogen-bond acceptors (Lipinski definition) is 3. The van der Waals surface area contributed by atoms with Crippen LogP contribution >= 0.6 is 0 Å². The van der Waals surface area contributed by atoms with Crippen molar-refractivity contribution < 1.29 is 9.53 Å². The summed E-state index contributed by atoms with van der Waals surface area (Å²) in [5.41, 5.74) is 1.73. The van der Waals surface area contributed by atoms with Crippen LogP contribution in [0.25, 0.3) is 0 Å². The largest absolute Gasteiger partial charge is 0.496 e. The molecule has 0 aliphatic rings. The number of likely N-dealkylation sites (N-methyl/N-ethyl adjacent to an activating group) is 1. The maximum atomic E-state index is 12.2. The number of Topliss-reactive ketones (excluding diaryl/α,β-unsaturated/α-hetero) is 1. The van der Waals surface area contributed by atoms with Gasteiger partial charge in [0.25, 0.3) is 0 Å². The van der Waals surface area contributed by atoms with Crippen molar-refractivity contribution in [2.45, 2.75) is 39.2 Å². The van der Waals surface area contributed by atoms with Crippen molar-refractivity contribution in [2.24, 2.45) is 0 Å². The molecular weight excluding hydrogens is 226 g/mol. The first-order valence-electron chi connectivity index (χ1n) is 6.21.